The number of hydrogen-bond acceptors (Lipinski definition) is 1. The molecule has 1 heteroatoms. The summed E-state index contributed by atoms with van der Waals surface area (Å²) >= 11 is 0. The highest BCUT2D eigenvalue weighted by Gasteiger charge is 2.20. The number of allylic oxidation sites excluding steroid dienone is 2. The predicted octanol–water partition coefficient (Wildman–Crippen LogP) is 1.64. The maximum Gasteiger partial charge on any atom is 0.126 e. The molecule has 1 aliphatic carbocycles. The van der Waals surface area contributed by atoms with Crippen LogP contribution in [0.15, 0.2) is 36.6 Å². The Morgan fingerprint density at radius 2 is 1.89 bits per heavy atom. The van der Waals surface area contributed by atoms with Gasteiger partial charge in [0.2, 0.25) is 0 Å². The molecule has 0 aromatic carbocycles. The summed E-state index contributed by atoms with van der Waals surface area (Å²) in [5.41, 5.74) is 0. The first-order valence-electron chi connectivity index (χ1n) is 3.14. The van der Waals surface area contributed by atoms with Gasteiger partial charge in [-0.15, -0.1) is 0 Å². The number of fused-ring (bicyclic) bond motifs is 1. The van der Waals surface area contributed by atoms with Crippen molar-refractivity contribution in [2.75, 3.05) is 0 Å². The third kappa shape index (κ3) is 0.689. The fourth-order valence-corrected chi connectivity index (χ4v) is 1.14. The van der Waals surface area contributed by atoms with Crippen molar-refractivity contribution in [1.29, 1.82) is 0 Å². The fraction of sp³-hybridized carbons (Fsp3) is 0.250. The summed E-state index contributed by atoms with van der Waals surface area (Å²) in [5, 5.41) is 0. The normalized spacial score (nSPS) is 36.4. The summed E-state index contributed by atoms with van der Waals surface area (Å²) < 4.78 is 5.24. The van der Waals surface area contributed by atoms with Crippen molar-refractivity contribution in [3.63, 3.8) is 0 Å². The van der Waals surface area contributed by atoms with Gasteiger partial charge in [0.1, 0.15) is 6.10 Å². The molecule has 9 heavy (non-hydrogen) atoms. The van der Waals surface area contributed by atoms with Gasteiger partial charge in [-0.25, -0.2) is 0 Å². The van der Waals surface area contributed by atoms with E-state index < -0.39 is 0 Å². The van der Waals surface area contributed by atoms with Crippen LogP contribution in [0.1, 0.15) is 0 Å². The van der Waals surface area contributed by atoms with Gasteiger partial charge in [0.25, 0.3) is 0 Å². The van der Waals surface area contributed by atoms with Crippen molar-refractivity contribution in [2.45, 2.75) is 6.10 Å². The molecule has 0 fully saturated rings. The first kappa shape index (κ1) is 4.86. The summed E-state index contributed by atoms with van der Waals surface area (Å²) in [5.74, 6) is 0.495. The number of ether oxygens (including phenoxy) is 1. The lowest BCUT2D eigenvalue weighted by Crippen LogP contribution is -2.12. The molecule has 0 amide bonds. The van der Waals surface area contributed by atoms with Crippen LogP contribution in [0, 0.1) is 5.92 Å². The molecule has 0 saturated heterocycles. The van der Waals surface area contributed by atoms with E-state index >= 15 is 0 Å². The highest BCUT2D eigenvalue weighted by molar-refractivity contribution is 5.21. The van der Waals surface area contributed by atoms with Crippen LogP contribution in [0.25, 0.3) is 0 Å². The zero-order valence-corrected chi connectivity index (χ0v) is 5.03. The molecule has 0 radical (unpaired) electrons. The quantitative estimate of drug-likeness (QED) is 0.472. The molecule has 0 aromatic heterocycles. The lowest BCUT2D eigenvalue weighted by Gasteiger charge is -2.12. The van der Waals surface area contributed by atoms with E-state index in [0.717, 1.165) is 0 Å². The molecule has 2 rings (SSSR count). The van der Waals surface area contributed by atoms with Crippen molar-refractivity contribution in [2.24, 2.45) is 5.92 Å². The number of hydrogen-bond donors (Lipinski definition) is 0. The molecular weight excluding hydrogens is 112 g/mol. The molecule has 0 N–H and O–H groups in total. The minimum absolute atomic E-state index is 0.287. The lowest BCUT2D eigenvalue weighted by atomic mass is 10.00. The Morgan fingerprint density at radius 3 is 2.78 bits per heavy atom. The molecule has 1 aliphatic heterocycles. The van der Waals surface area contributed by atoms with E-state index in [4.69, 9.17) is 4.74 Å². The second-order valence-corrected chi connectivity index (χ2v) is 2.28. The van der Waals surface area contributed by atoms with E-state index in [9.17, 15) is 0 Å². The van der Waals surface area contributed by atoms with Gasteiger partial charge >= 0.3 is 0 Å². The minimum atomic E-state index is 0.287. The van der Waals surface area contributed by atoms with Crippen molar-refractivity contribution in [1.82, 2.24) is 0 Å². The van der Waals surface area contributed by atoms with Crippen molar-refractivity contribution >= 4 is 0 Å². The Morgan fingerprint density at radius 1 is 1.00 bits per heavy atom. The minimum Gasteiger partial charge on any atom is -0.493 e. The Kier molecular flexibility index (Phi) is 0.950. The van der Waals surface area contributed by atoms with Crippen LogP contribution in [0.2, 0.25) is 0 Å². The first-order valence-corrected chi connectivity index (χ1v) is 3.14. The average molecular weight is 120 g/mol. The highest BCUT2D eigenvalue weighted by Crippen LogP contribution is 2.22. The van der Waals surface area contributed by atoms with E-state index in [1.807, 2.05) is 6.08 Å². The Bertz CT molecular complexity index is 189. The molecule has 0 bridgehead atoms. The van der Waals surface area contributed by atoms with Crippen molar-refractivity contribution in [3.8, 4) is 0 Å². The Balaban J connectivity index is 2.25. The Hall–Kier alpha value is -0.980. The van der Waals surface area contributed by atoms with Crippen LogP contribution in [-0.4, -0.2) is 6.10 Å². The van der Waals surface area contributed by atoms with E-state index in [-0.39, 0.29) is 6.10 Å². The molecule has 2 atom stereocenters. The van der Waals surface area contributed by atoms with Gasteiger partial charge in [-0.2, -0.15) is 0 Å². The Labute approximate surface area is 54.3 Å². The predicted molar refractivity (Wildman–Crippen MR) is 35.8 cm³/mol. The van der Waals surface area contributed by atoms with Gasteiger partial charge in [0.15, 0.2) is 0 Å². The molecule has 1 unspecified atom stereocenters. The highest BCUT2D eigenvalue weighted by atomic mass is 16.5. The standard InChI is InChI=1S/C8H8O/c1-2-4-8-7(3-1)5-6-9-8/h1-8H/t7-,8?/m1/s1. The third-order valence-corrected chi connectivity index (χ3v) is 1.66. The van der Waals surface area contributed by atoms with Crippen LogP contribution >= 0.6 is 0 Å². The lowest BCUT2D eigenvalue weighted by molar-refractivity contribution is 0.192. The third-order valence-electron chi connectivity index (χ3n) is 1.66. The van der Waals surface area contributed by atoms with Gasteiger partial charge < -0.3 is 4.74 Å². The monoisotopic (exact) mass is 120 g/mol. The molecular formula is C8H8O. The van der Waals surface area contributed by atoms with Crippen molar-refractivity contribution < 1.29 is 4.74 Å². The summed E-state index contributed by atoms with van der Waals surface area (Å²) in [7, 11) is 0. The molecule has 0 aromatic rings. The zero-order valence-electron chi connectivity index (χ0n) is 5.03. The van der Waals surface area contributed by atoms with E-state index in [2.05, 4.69) is 24.3 Å². The molecule has 1 nitrogen and oxygen atoms in total. The second-order valence-electron chi connectivity index (χ2n) is 2.28. The van der Waals surface area contributed by atoms with Crippen molar-refractivity contribution in [3.05, 3.63) is 36.6 Å². The summed E-state index contributed by atoms with van der Waals surface area (Å²) in [4.78, 5) is 0. The maximum absolute atomic E-state index is 5.24. The van der Waals surface area contributed by atoms with Crippen LogP contribution in [0.5, 0.6) is 0 Å². The summed E-state index contributed by atoms with van der Waals surface area (Å²) in [6.07, 6.45) is 12.4. The van der Waals surface area contributed by atoms with E-state index in [0.29, 0.717) is 5.92 Å². The average Bonchev–Trinajstić information content (AvgIpc) is 2.33. The maximum atomic E-state index is 5.24. The fourth-order valence-electron chi connectivity index (χ4n) is 1.14. The van der Waals surface area contributed by atoms with Crippen LogP contribution in [-0.2, 0) is 4.74 Å². The van der Waals surface area contributed by atoms with Crippen LogP contribution in [0.4, 0.5) is 0 Å². The van der Waals surface area contributed by atoms with Gasteiger partial charge in [0, 0.05) is 5.92 Å². The molecule has 1 heterocycles. The summed E-state index contributed by atoms with van der Waals surface area (Å²) in [6, 6.07) is 0. The van der Waals surface area contributed by atoms with E-state index in [1.54, 1.807) is 6.26 Å². The second kappa shape index (κ2) is 1.76. The van der Waals surface area contributed by atoms with Gasteiger partial charge in [-0.05, 0) is 12.2 Å². The number of rotatable bonds is 0. The SMILES string of the molecule is C1=CC2OC=C[C@H]2C=C1. The summed E-state index contributed by atoms with van der Waals surface area (Å²) in [6.45, 7) is 0. The van der Waals surface area contributed by atoms with Crippen LogP contribution in [0.3, 0.4) is 0 Å². The molecule has 46 valence electrons. The largest absolute Gasteiger partial charge is 0.493 e. The smallest absolute Gasteiger partial charge is 0.126 e. The zero-order chi connectivity index (χ0) is 6.10. The molecule has 0 spiro atoms. The topological polar surface area (TPSA) is 9.23 Å². The van der Waals surface area contributed by atoms with Gasteiger partial charge in [-0.1, -0.05) is 18.2 Å². The van der Waals surface area contributed by atoms with Gasteiger partial charge in [-0.3, -0.25) is 0 Å². The van der Waals surface area contributed by atoms with E-state index in [1.165, 1.54) is 0 Å². The molecule has 0 saturated carbocycles. The first-order chi connectivity index (χ1) is 4.47. The van der Waals surface area contributed by atoms with Crippen LogP contribution < -0.4 is 0 Å². The van der Waals surface area contributed by atoms with Gasteiger partial charge in [0.05, 0.1) is 6.26 Å². The molecule has 2 aliphatic rings.